The Morgan fingerprint density at radius 3 is 2.68 bits per heavy atom. The number of alkyl halides is 1. The Balaban J connectivity index is 1.40. The molecule has 4 rings (SSSR count). The SMILES string of the molecule is CS(=O)(=O)OC1CCN(Cc2ccc3c(c2)CN(C2CCC(=O)NC2=O)C3=O)CC1F. The highest BCUT2D eigenvalue weighted by Crippen LogP contribution is 2.29. The molecule has 0 saturated carbocycles. The van der Waals surface area contributed by atoms with Gasteiger partial charge in [-0.2, -0.15) is 8.42 Å². The summed E-state index contributed by atoms with van der Waals surface area (Å²) in [7, 11) is -3.71. The van der Waals surface area contributed by atoms with Crippen LogP contribution in [0.5, 0.6) is 0 Å². The van der Waals surface area contributed by atoms with Crippen LogP contribution in [-0.2, 0) is 37.0 Å². The van der Waals surface area contributed by atoms with Gasteiger partial charge < -0.3 is 4.90 Å². The maximum atomic E-state index is 14.4. The third-order valence-electron chi connectivity index (χ3n) is 5.86. The van der Waals surface area contributed by atoms with Crippen LogP contribution < -0.4 is 5.32 Å². The van der Waals surface area contributed by atoms with Crippen molar-refractivity contribution in [3.05, 3.63) is 34.9 Å². The van der Waals surface area contributed by atoms with E-state index in [9.17, 15) is 27.2 Å². The molecular weight excluding hydrogens is 429 g/mol. The zero-order valence-electron chi connectivity index (χ0n) is 17.0. The molecule has 31 heavy (non-hydrogen) atoms. The maximum Gasteiger partial charge on any atom is 0.264 e. The van der Waals surface area contributed by atoms with Crippen molar-refractivity contribution in [2.24, 2.45) is 0 Å². The maximum absolute atomic E-state index is 14.4. The lowest BCUT2D eigenvalue weighted by Gasteiger charge is -2.33. The molecule has 3 heterocycles. The summed E-state index contributed by atoms with van der Waals surface area (Å²) in [6, 6.07) is 4.73. The molecule has 3 atom stereocenters. The molecular formula is C20H24FN3O6S. The number of halogens is 1. The number of carbonyl (C=O) groups is 3. The number of hydrogen-bond acceptors (Lipinski definition) is 7. The van der Waals surface area contributed by atoms with Crippen molar-refractivity contribution in [2.45, 2.75) is 50.7 Å². The Labute approximate surface area is 179 Å². The number of nitrogens with zero attached hydrogens (tertiary/aromatic N) is 2. The lowest BCUT2D eigenvalue weighted by molar-refractivity contribution is -0.136. The monoisotopic (exact) mass is 453 g/mol. The van der Waals surface area contributed by atoms with Crippen LogP contribution in [0.25, 0.3) is 0 Å². The summed E-state index contributed by atoms with van der Waals surface area (Å²) in [6.07, 6.45) is -0.699. The quantitative estimate of drug-likeness (QED) is 0.505. The van der Waals surface area contributed by atoms with Gasteiger partial charge in [-0.1, -0.05) is 12.1 Å². The largest absolute Gasteiger partial charge is 0.322 e. The Kier molecular flexibility index (Phi) is 5.84. The smallest absolute Gasteiger partial charge is 0.264 e. The fourth-order valence-corrected chi connectivity index (χ4v) is 5.07. The van der Waals surface area contributed by atoms with Gasteiger partial charge in [0.25, 0.3) is 16.0 Å². The Morgan fingerprint density at radius 2 is 2.00 bits per heavy atom. The van der Waals surface area contributed by atoms with E-state index in [0.29, 0.717) is 25.1 Å². The molecule has 2 saturated heterocycles. The Bertz CT molecular complexity index is 1030. The van der Waals surface area contributed by atoms with E-state index in [4.69, 9.17) is 4.18 Å². The number of likely N-dealkylation sites (tertiary alicyclic amines) is 1. The summed E-state index contributed by atoms with van der Waals surface area (Å²) in [5, 5.41) is 2.28. The third-order valence-corrected chi connectivity index (χ3v) is 6.46. The van der Waals surface area contributed by atoms with Crippen LogP contribution in [0.1, 0.15) is 40.7 Å². The van der Waals surface area contributed by atoms with Crippen molar-refractivity contribution < 1.29 is 31.4 Å². The Morgan fingerprint density at radius 1 is 1.23 bits per heavy atom. The van der Waals surface area contributed by atoms with E-state index in [1.54, 1.807) is 12.1 Å². The molecule has 11 heteroatoms. The standard InChI is InChI=1S/C20H24FN3O6S/c1-31(28,29)30-17-6-7-23(11-15(17)21)9-12-2-3-14-13(8-12)10-24(20(14)27)16-4-5-18(25)22-19(16)26/h2-3,8,15-17H,4-7,9-11H2,1H3,(H,22,25,26). The van der Waals surface area contributed by atoms with Crippen LogP contribution in [0.2, 0.25) is 0 Å². The molecule has 9 nitrogen and oxygen atoms in total. The summed E-state index contributed by atoms with van der Waals surface area (Å²) < 4.78 is 41.7. The number of rotatable bonds is 5. The Hall–Kier alpha value is -2.37. The first-order valence-electron chi connectivity index (χ1n) is 10.1. The van der Waals surface area contributed by atoms with Crippen molar-refractivity contribution in [1.82, 2.24) is 15.1 Å². The van der Waals surface area contributed by atoms with Crippen molar-refractivity contribution in [3.63, 3.8) is 0 Å². The molecule has 168 valence electrons. The first-order chi connectivity index (χ1) is 14.6. The predicted molar refractivity (Wildman–Crippen MR) is 107 cm³/mol. The molecule has 3 unspecified atom stereocenters. The molecule has 1 N–H and O–H groups in total. The summed E-state index contributed by atoms with van der Waals surface area (Å²) in [4.78, 5) is 39.6. The highest BCUT2D eigenvalue weighted by molar-refractivity contribution is 7.86. The molecule has 1 aromatic rings. The molecule has 2 fully saturated rings. The molecule has 1 aromatic carbocycles. The second kappa shape index (κ2) is 8.29. The number of benzene rings is 1. The minimum atomic E-state index is -3.71. The van der Waals surface area contributed by atoms with E-state index >= 15 is 0 Å². The lowest BCUT2D eigenvalue weighted by Crippen LogP contribution is -2.52. The van der Waals surface area contributed by atoms with Crippen LogP contribution in [-0.4, -0.2) is 73.6 Å². The topological polar surface area (TPSA) is 113 Å². The number of amides is 3. The van der Waals surface area contributed by atoms with Crippen molar-refractivity contribution >= 4 is 27.8 Å². The van der Waals surface area contributed by atoms with E-state index in [0.717, 1.165) is 17.4 Å². The van der Waals surface area contributed by atoms with Gasteiger partial charge in [0.05, 0.1) is 6.26 Å². The predicted octanol–water partition coefficient (Wildman–Crippen LogP) is 0.336. The van der Waals surface area contributed by atoms with Crippen LogP contribution in [0, 0.1) is 0 Å². The van der Waals surface area contributed by atoms with Gasteiger partial charge in [0, 0.05) is 38.2 Å². The summed E-state index contributed by atoms with van der Waals surface area (Å²) in [6.45, 7) is 1.27. The van der Waals surface area contributed by atoms with Gasteiger partial charge >= 0.3 is 0 Å². The number of piperidine rings is 2. The summed E-state index contributed by atoms with van der Waals surface area (Å²) >= 11 is 0. The van der Waals surface area contributed by atoms with Gasteiger partial charge in [-0.25, -0.2) is 4.39 Å². The molecule has 0 bridgehead atoms. The van der Waals surface area contributed by atoms with E-state index in [2.05, 4.69) is 5.32 Å². The second-order valence-electron chi connectivity index (χ2n) is 8.27. The van der Waals surface area contributed by atoms with E-state index in [-0.39, 0.29) is 37.7 Å². The van der Waals surface area contributed by atoms with Crippen LogP contribution in [0.4, 0.5) is 4.39 Å². The fourth-order valence-electron chi connectivity index (χ4n) is 4.41. The van der Waals surface area contributed by atoms with Crippen molar-refractivity contribution in [2.75, 3.05) is 19.3 Å². The van der Waals surface area contributed by atoms with Crippen molar-refractivity contribution in [1.29, 1.82) is 0 Å². The average Bonchev–Trinajstić information content (AvgIpc) is 2.99. The normalized spacial score (nSPS) is 27.4. The first kappa shape index (κ1) is 21.8. The molecule has 3 amide bonds. The fraction of sp³-hybridized carbons (Fsp3) is 0.550. The molecule has 3 aliphatic heterocycles. The minimum absolute atomic E-state index is 0.0542. The van der Waals surface area contributed by atoms with Crippen LogP contribution in [0.3, 0.4) is 0 Å². The summed E-state index contributed by atoms with van der Waals surface area (Å²) in [5.41, 5.74) is 2.21. The lowest BCUT2D eigenvalue weighted by atomic mass is 10.0. The van der Waals surface area contributed by atoms with E-state index in [1.807, 2.05) is 11.0 Å². The van der Waals surface area contributed by atoms with Crippen LogP contribution >= 0.6 is 0 Å². The van der Waals surface area contributed by atoms with Crippen molar-refractivity contribution in [3.8, 4) is 0 Å². The number of nitrogens with one attached hydrogen (secondary N) is 1. The summed E-state index contributed by atoms with van der Waals surface area (Å²) in [5.74, 6) is -1.02. The molecule has 0 aromatic heterocycles. The van der Waals surface area contributed by atoms with E-state index < -0.39 is 34.3 Å². The van der Waals surface area contributed by atoms with Gasteiger partial charge in [-0.15, -0.1) is 0 Å². The van der Waals surface area contributed by atoms with Crippen LogP contribution in [0.15, 0.2) is 18.2 Å². The minimum Gasteiger partial charge on any atom is -0.322 e. The highest BCUT2D eigenvalue weighted by atomic mass is 32.2. The van der Waals surface area contributed by atoms with E-state index in [1.165, 1.54) is 4.90 Å². The number of imide groups is 1. The molecule has 0 aliphatic carbocycles. The van der Waals surface area contributed by atoms with Gasteiger partial charge in [-0.05, 0) is 30.0 Å². The molecule has 0 spiro atoms. The van der Waals surface area contributed by atoms with Gasteiger partial charge in [0.2, 0.25) is 11.8 Å². The highest BCUT2D eigenvalue weighted by Gasteiger charge is 2.39. The molecule has 3 aliphatic rings. The first-order valence-corrected chi connectivity index (χ1v) is 11.9. The number of carbonyl (C=O) groups excluding carboxylic acids is 3. The average molecular weight is 453 g/mol. The number of hydrogen-bond donors (Lipinski definition) is 1. The zero-order valence-corrected chi connectivity index (χ0v) is 17.9. The second-order valence-corrected chi connectivity index (χ2v) is 9.87. The van der Waals surface area contributed by atoms with Gasteiger partial charge in [-0.3, -0.25) is 28.8 Å². The number of fused-ring (bicyclic) bond motifs is 1. The third kappa shape index (κ3) is 4.78. The zero-order chi connectivity index (χ0) is 22.3. The van der Waals surface area contributed by atoms with Gasteiger partial charge in [0.1, 0.15) is 18.3 Å². The molecule has 0 radical (unpaired) electrons. The van der Waals surface area contributed by atoms with Gasteiger partial charge in [0.15, 0.2) is 0 Å².